The number of furan rings is 1. The number of esters is 1. The molecule has 1 N–H and O–H groups in total. The molecule has 8 nitrogen and oxygen atoms in total. The van der Waals surface area contributed by atoms with Crippen molar-refractivity contribution in [1.82, 2.24) is 10.2 Å². The van der Waals surface area contributed by atoms with Crippen LogP contribution in [-0.4, -0.2) is 41.7 Å². The molecule has 1 atom stereocenters. The fourth-order valence-electron chi connectivity index (χ4n) is 2.75. The zero-order valence-corrected chi connectivity index (χ0v) is 14.4. The highest BCUT2D eigenvalue weighted by Gasteiger charge is 2.35. The molecule has 3 amide bonds. The van der Waals surface area contributed by atoms with Crippen LogP contribution in [0.5, 0.6) is 0 Å². The average molecular weight is 370 g/mol. The highest BCUT2D eigenvalue weighted by molar-refractivity contribution is 6.05. The fraction of sp³-hybridized carbons (Fsp3) is 0.263. The van der Waals surface area contributed by atoms with Gasteiger partial charge in [-0.05, 0) is 24.3 Å². The van der Waals surface area contributed by atoms with E-state index in [9.17, 15) is 19.2 Å². The minimum absolute atomic E-state index is 0.0180. The topological polar surface area (TPSA) is 106 Å². The number of likely N-dealkylation sites (tertiary alicyclic amines) is 1. The largest absolute Gasteiger partial charge is 0.467 e. The predicted octanol–water partition coefficient (Wildman–Crippen LogP) is 1.13. The molecule has 0 bridgehead atoms. The monoisotopic (exact) mass is 370 g/mol. The lowest BCUT2D eigenvalue weighted by Gasteiger charge is -2.14. The molecule has 0 saturated carbocycles. The van der Waals surface area contributed by atoms with Crippen molar-refractivity contribution < 1.29 is 28.3 Å². The van der Waals surface area contributed by atoms with Gasteiger partial charge in [-0.3, -0.25) is 24.5 Å². The minimum Gasteiger partial charge on any atom is -0.467 e. The van der Waals surface area contributed by atoms with Crippen LogP contribution in [0.3, 0.4) is 0 Å². The summed E-state index contributed by atoms with van der Waals surface area (Å²) in [5, 5.41) is 2.14. The molecule has 140 valence electrons. The van der Waals surface area contributed by atoms with Crippen LogP contribution in [0.15, 0.2) is 53.1 Å². The molecule has 1 aliphatic rings. The summed E-state index contributed by atoms with van der Waals surface area (Å²) in [5.74, 6) is -2.16. The molecule has 3 rings (SSSR count). The number of benzene rings is 1. The molecule has 1 fully saturated rings. The van der Waals surface area contributed by atoms with E-state index in [1.54, 1.807) is 42.5 Å². The number of rotatable bonds is 6. The summed E-state index contributed by atoms with van der Waals surface area (Å²) in [6, 6.07) is 11.7. The van der Waals surface area contributed by atoms with Crippen molar-refractivity contribution in [3.05, 3.63) is 60.1 Å². The summed E-state index contributed by atoms with van der Waals surface area (Å²) in [6.45, 7) is -0.106. The second kappa shape index (κ2) is 8.31. The van der Waals surface area contributed by atoms with Gasteiger partial charge in [0.05, 0.1) is 18.7 Å². The van der Waals surface area contributed by atoms with Gasteiger partial charge in [-0.25, -0.2) is 0 Å². The van der Waals surface area contributed by atoms with Crippen molar-refractivity contribution in [3.63, 3.8) is 0 Å². The Morgan fingerprint density at radius 2 is 1.93 bits per heavy atom. The Morgan fingerprint density at radius 1 is 1.15 bits per heavy atom. The Balaban J connectivity index is 1.44. The lowest BCUT2D eigenvalue weighted by molar-refractivity contribution is -0.152. The van der Waals surface area contributed by atoms with E-state index in [1.807, 2.05) is 0 Å². The summed E-state index contributed by atoms with van der Waals surface area (Å²) < 4.78 is 10.1. The quantitative estimate of drug-likeness (QED) is 0.764. The SMILES string of the molecule is O=C(COC(=O)[C@@H]1CC(=O)N(Cc2ccco2)C1)NC(=O)c1ccccc1. The van der Waals surface area contributed by atoms with Crippen LogP contribution >= 0.6 is 0 Å². The van der Waals surface area contributed by atoms with Crippen LogP contribution in [0.25, 0.3) is 0 Å². The Morgan fingerprint density at radius 3 is 2.63 bits per heavy atom. The molecule has 8 heteroatoms. The number of carbonyl (C=O) groups is 4. The summed E-state index contributed by atoms with van der Waals surface area (Å²) in [4.78, 5) is 49.3. The van der Waals surface area contributed by atoms with Crippen molar-refractivity contribution in [3.8, 4) is 0 Å². The Labute approximate surface area is 155 Å². The van der Waals surface area contributed by atoms with E-state index in [0.717, 1.165) is 0 Å². The first-order chi connectivity index (χ1) is 13.0. The minimum atomic E-state index is -0.728. The van der Waals surface area contributed by atoms with E-state index in [1.165, 1.54) is 11.2 Å². The van der Waals surface area contributed by atoms with Crippen molar-refractivity contribution in [1.29, 1.82) is 0 Å². The lowest BCUT2D eigenvalue weighted by Crippen LogP contribution is -2.35. The number of imide groups is 1. The molecule has 0 unspecified atom stereocenters. The van der Waals surface area contributed by atoms with Gasteiger partial charge in [-0.2, -0.15) is 0 Å². The maximum absolute atomic E-state index is 12.1. The Kier molecular flexibility index (Phi) is 5.65. The van der Waals surface area contributed by atoms with Crippen LogP contribution in [0.4, 0.5) is 0 Å². The van der Waals surface area contributed by atoms with Crippen molar-refractivity contribution in [2.75, 3.05) is 13.2 Å². The Bertz CT molecular complexity index is 831. The van der Waals surface area contributed by atoms with E-state index in [0.29, 0.717) is 11.3 Å². The van der Waals surface area contributed by atoms with Gasteiger partial charge in [0.25, 0.3) is 11.8 Å². The first-order valence-electron chi connectivity index (χ1n) is 8.39. The van der Waals surface area contributed by atoms with Gasteiger partial charge < -0.3 is 14.1 Å². The van der Waals surface area contributed by atoms with Crippen LogP contribution in [-0.2, 0) is 25.7 Å². The van der Waals surface area contributed by atoms with Gasteiger partial charge in [0.1, 0.15) is 5.76 Å². The molecular formula is C19H18N2O6. The number of hydrogen-bond acceptors (Lipinski definition) is 6. The zero-order valence-electron chi connectivity index (χ0n) is 14.4. The number of amides is 3. The number of ether oxygens (including phenoxy) is 1. The van der Waals surface area contributed by atoms with E-state index in [2.05, 4.69) is 5.32 Å². The number of hydrogen-bond donors (Lipinski definition) is 1. The molecule has 1 saturated heterocycles. The van der Waals surface area contributed by atoms with Gasteiger partial charge >= 0.3 is 5.97 Å². The number of carbonyl (C=O) groups excluding carboxylic acids is 4. The van der Waals surface area contributed by atoms with E-state index < -0.39 is 30.3 Å². The first-order valence-corrected chi connectivity index (χ1v) is 8.39. The maximum Gasteiger partial charge on any atom is 0.311 e. The van der Waals surface area contributed by atoms with Crippen LogP contribution in [0.1, 0.15) is 22.5 Å². The van der Waals surface area contributed by atoms with Gasteiger partial charge in [-0.1, -0.05) is 18.2 Å². The molecule has 2 heterocycles. The van der Waals surface area contributed by atoms with Crippen molar-refractivity contribution in [2.45, 2.75) is 13.0 Å². The van der Waals surface area contributed by atoms with Gasteiger partial charge in [0, 0.05) is 18.5 Å². The summed E-state index contributed by atoms with van der Waals surface area (Å²) in [5.41, 5.74) is 0.326. The highest BCUT2D eigenvalue weighted by atomic mass is 16.5. The molecule has 2 aromatic rings. The zero-order chi connectivity index (χ0) is 19.2. The second-order valence-electron chi connectivity index (χ2n) is 6.11. The summed E-state index contributed by atoms with van der Waals surface area (Å²) in [7, 11) is 0. The van der Waals surface area contributed by atoms with Crippen LogP contribution in [0, 0.1) is 5.92 Å². The molecular weight excluding hydrogens is 352 g/mol. The molecule has 0 radical (unpaired) electrons. The Hall–Kier alpha value is -3.42. The third-order valence-corrected chi connectivity index (χ3v) is 4.11. The average Bonchev–Trinajstić information content (AvgIpc) is 3.31. The van der Waals surface area contributed by atoms with Crippen LogP contribution < -0.4 is 5.32 Å². The standard InChI is InChI=1S/C19H18N2O6/c22-16(20-18(24)13-5-2-1-3-6-13)12-27-19(25)14-9-17(23)21(10-14)11-15-7-4-8-26-15/h1-8,14H,9-12H2,(H,20,22,24)/t14-/m1/s1. The van der Waals surface area contributed by atoms with Gasteiger partial charge in [-0.15, -0.1) is 0 Å². The third-order valence-electron chi connectivity index (χ3n) is 4.11. The molecule has 0 spiro atoms. The molecule has 1 aromatic heterocycles. The molecule has 1 aromatic carbocycles. The fourth-order valence-corrected chi connectivity index (χ4v) is 2.75. The number of nitrogens with one attached hydrogen (secondary N) is 1. The second-order valence-corrected chi connectivity index (χ2v) is 6.11. The van der Waals surface area contributed by atoms with E-state index in [-0.39, 0.29) is 25.4 Å². The van der Waals surface area contributed by atoms with Crippen LogP contribution in [0.2, 0.25) is 0 Å². The molecule has 1 aliphatic heterocycles. The smallest absolute Gasteiger partial charge is 0.311 e. The summed E-state index contributed by atoms with van der Waals surface area (Å²) >= 11 is 0. The highest BCUT2D eigenvalue weighted by Crippen LogP contribution is 2.21. The van der Waals surface area contributed by atoms with E-state index in [4.69, 9.17) is 9.15 Å². The van der Waals surface area contributed by atoms with Gasteiger partial charge in [0.2, 0.25) is 5.91 Å². The predicted molar refractivity (Wildman–Crippen MR) is 92.1 cm³/mol. The van der Waals surface area contributed by atoms with Crippen molar-refractivity contribution in [2.24, 2.45) is 5.92 Å². The number of nitrogens with zero attached hydrogens (tertiary/aromatic N) is 1. The molecule has 27 heavy (non-hydrogen) atoms. The summed E-state index contributed by atoms with van der Waals surface area (Å²) in [6.07, 6.45) is 1.53. The van der Waals surface area contributed by atoms with Crippen molar-refractivity contribution >= 4 is 23.7 Å². The van der Waals surface area contributed by atoms with E-state index >= 15 is 0 Å². The van der Waals surface area contributed by atoms with Gasteiger partial charge in [0.15, 0.2) is 6.61 Å². The molecule has 0 aliphatic carbocycles. The normalized spacial score (nSPS) is 16.2. The third kappa shape index (κ3) is 4.81. The maximum atomic E-state index is 12.1. The lowest BCUT2D eigenvalue weighted by atomic mass is 10.1. The first kappa shape index (κ1) is 18.4.